The molecule has 82 valence electrons. The number of aromatic carboxylic acids is 1. The van der Waals surface area contributed by atoms with Crippen molar-refractivity contribution in [3.8, 4) is 0 Å². The first-order valence-electron chi connectivity index (χ1n) is 3.65. The second kappa shape index (κ2) is 3.86. The van der Waals surface area contributed by atoms with E-state index in [2.05, 4.69) is 12.6 Å². The summed E-state index contributed by atoms with van der Waals surface area (Å²) in [5.41, 5.74) is 5.00. The number of thiol groups is 1. The molecule has 0 heterocycles. The van der Waals surface area contributed by atoms with E-state index in [1.807, 2.05) is 0 Å². The van der Waals surface area contributed by atoms with Gasteiger partial charge in [0.1, 0.15) is 0 Å². The van der Waals surface area contributed by atoms with Crippen LogP contribution in [-0.4, -0.2) is 20.9 Å². The van der Waals surface area contributed by atoms with Crippen LogP contribution in [0.3, 0.4) is 0 Å². The topological polar surface area (TPSA) is 121 Å². The van der Waals surface area contributed by atoms with E-state index in [1.165, 1.54) is 0 Å². The molecule has 0 aromatic heterocycles. The maximum Gasteiger partial charge on any atom is 0.357 e. The van der Waals surface area contributed by atoms with Gasteiger partial charge in [-0.3, -0.25) is 4.57 Å². The maximum absolute atomic E-state index is 11.0. The molecular formula is C7H8NO5PS. The van der Waals surface area contributed by atoms with E-state index in [1.54, 1.807) is 0 Å². The number of nitrogens with two attached hydrogens (primary N) is 1. The number of hydrogen-bond acceptors (Lipinski definition) is 4. The molecule has 1 aromatic rings. The Bertz CT molecular complexity index is 469. The van der Waals surface area contributed by atoms with Crippen molar-refractivity contribution in [1.29, 1.82) is 0 Å². The molecular weight excluding hydrogens is 241 g/mol. The molecule has 0 atom stereocenters. The van der Waals surface area contributed by atoms with Crippen LogP contribution >= 0.6 is 20.2 Å². The number of carbonyl (C=O) groups is 1. The summed E-state index contributed by atoms with van der Waals surface area (Å²) in [6.07, 6.45) is 0. The molecule has 0 saturated carbocycles. The maximum atomic E-state index is 11.0. The van der Waals surface area contributed by atoms with Crippen LogP contribution in [0.4, 0.5) is 5.69 Å². The van der Waals surface area contributed by atoms with E-state index in [0.717, 1.165) is 12.1 Å². The van der Waals surface area contributed by atoms with Gasteiger partial charge in [-0.2, -0.15) is 0 Å². The number of hydrogen-bond donors (Lipinski definition) is 5. The Morgan fingerprint density at radius 3 is 2.33 bits per heavy atom. The molecule has 0 aliphatic rings. The Labute approximate surface area is 90.3 Å². The smallest absolute Gasteiger partial charge is 0.357 e. The predicted molar refractivity (Wildman–Crippen MR) is 56.7 cm³/mol. The van der Waals surface area contributed by atoms with Crippen LogP contribution < -0.4 is 11.0 Å². The minimum absolute atomic E-state index is 0.0865. The lowest BCUT2D eigenvalue weighted by Gasteiger charge is -2.10. The van der Waals surface area contributed by atoms with Crippen LogP contribution in [0.5, 0.6) is 0 Å². The monoisotopic (exact) mass is 249 g/mol. The lowest BCUT2D eigenvalue weighted by Crippen LogP contribution is -2.12. The van der Waals surface area contributed by atoms with E-state index in [9.17, 15) is 9.36 Å². The third-order valence-electron chi connectivity index (χ3n) is 1.68. The highest BCUT2D eigenvalue weighted by Gasteiger charge is 2.23. The van der Waals surface area contributed by atoms with Crippen molar-refractivity contribution in [3.63, 3.8) is 0 Å². The molecule has 0 aliphatic heterocycles. The van der Waals surface area contributed by atoms with Crippen LogP contribution in [0.15, 0.2) is 17.0 Å². The second-order valence-electron chi connectivity index (χ2n) is 2.78. The number of nitrogen functional groups attached to an aromatic ring is 1. The zero-order chi connectivity index (χ0) is 11.8. The molecule has 0 saturated heterocycles. The number of carboxylic acid groups (broad SMARTS) is 1. The van der Waals surface area contributed by atoms with Crippen LogP contribution in [0.25, 0.3) is 0 Å². The first-order valence-corrected chi connectivity index (χ1v) is 5.71. The zero-order valence-electron chi connectivity index (χ0n) is 7.28. The highest BCUT2D eigenvalue weighted by Crippen LogP contribution is 2.37. The lowest BCUT2D eigenvalue weighted by molar-refractivity contribution is 0.0697. The standard InChI is InChI=1S/C7H8NO5PS/c8-4-1-3(7(9)10)2-5(6(4)15)14(11,12)13/h1-2,15H,8H2,(H,9,10)(H2,11,12,13). The van der Waals surface area contributed by atoms with Crippen molar-refractivity contribution in [1.82, 2.24) is 0 Å². The van der Waals surface area contributed by atoms with Crippen molar-refractivity contribution in [2.75, 3.05) is 5.73 Å². The summed E-state index contributed by atoms with van der Waals surface area (Å²) in [7, 11) is -4.57. The number of benzene rings is 1. The van der Waals surface area contributed by atoms with Crippen LogP contribution in [0, 0.1) is 0 Å². The largest absolute Gasteiger partial charge is 0.478 e. The summed E-state index contributed by atoms with van der Waals surface area (Å²) < 4.78 is 11.0. The third kappa shape index (κ3) is 2.51. The summed E-state index contributed by atoms with van der Waals surface area (Å²) in [5.74, 6) is -1.32. The highest BCUT2D eigenvalue weighted by molar-refractivity contribution is 7.81. The number of anilines is 1. The van der Waals surface area contributed by atoms with Gasteiger partial charge >= 0.3 is 13.6 Å². The average molecular weight is 249 g/mol. The molecule has 8 heteroatoms. The molecule has 0 radical (unpaired) electrons. The quantitative estimate of drug-likeness (QED) is 0.287. The predicted octanol–water partition coefficient (Wildman–Crippen LogP) is 0.0587. The zero-order valence-corrected chi connectivity index (χ0v) is 9.07. The Morgan fingerprint density at radius 1 is 1.40 bits per heavy atom. The Hall–Kier alpha value is -1.01. The number of carboxylic acids is 1. The molecule has 1 aromatic carbocycles. The van der Waals surface area contributed by atoms with Gasteiger partial charge in [0.25, 0.3) is 0 Å². The van der Waals surface area contributed by atoms with Gasteiger partial charge in [0.2, 0.25) is 0 Å². The van der Waals surface area contributed by atoms with Crippen molar-refractivity contribution in [3.05, 3.63) is 17.7 Å². The van der Waals surface area contributed by atoms with Crippen LogP contribution in [-0.2, 0) is 4.57 Å². The van der Waals surface area contributed by atoms with Gasteiger partial charge in [0, 0.05) is 10.6 Å². The summed E-state index contributed by atoms with van der Waals surface area (Å²) >= 11 is 3.81. The van der Waals surface area contributed by atoms with Gasteiger partial charge in [-0.25, -0.2) is 4.79 Å². The summed E-state index contributed by atoms with van der Waals surface area (Å²) in [5, 5.41) is 8.17. The van der Waals surface area contributed by atoms with Gasteiger partial charge in [-0.05, 0) is 12.1 Å². The fourth-order valence-corrected chi connectivity index (χ4v) is 2.22. The van der Waals surface area contributed by atoms with Gasteiger partial charge in [-0.1, -0.05) is 0 Å². The lowest BCUT2D eigenvalue weighted by atomic mass is 10.2. The highest BCUT2D eigenvalue weighted by atomic mass is 32.1. The van der Waals surface area contributed by atoms with Crippen molar-refractivity contribution < 1.29 is 24.3 Å². The normalized spacial score (nSPS) is 11.4. The third-order valence-corrected chi connectivity index (χ3v) is 3.34. The van der Waals surface area contributed by atoms with E-state index in [4.69, 9.17) is 20.6 Å². The van der Waals surface area contributed by atoms with Crippen molar-refractivity contribution in [2.45, 2.75) is 4.90 Å². The minimum atomic E-state index is -4.57. The molecule has 0 aliphatic carbocycles. The Kier molecular flexibility index (Phi) is 3.11. The van der Waals surface area contributed by atoms with Crippen LogP contribution in [0.2, 0.25) is 0 Å². The second-order valence-corrected chi connectivity index (χ2v) is 4.80. The van der Waals surface area contributed by atoms with Gasteiger partial charge in [-0.15, -0.1) is 12.6 Å². The molecule has 0 bridgehead atoms. The van der Waals surface area contributed by atoms with Gasteiger partial charge in [0.15, 0.2) is 0 Å². The number of rotatable bonds is 2. The molecule has 1 rings (SSSR count). The molecule has 15 heavy (non-hydrogen) atoms. The van der Waals surface area contributed by atoms with E-state index >= 15 is 0 Å². The molecule has 6 nitrogen and oxygen atoms in total. The van der Waals surface area contributed by atoms with E-state index in [0.29, 0.717) is 0 Å². The van der Waals surface area contributed by atoms with Gasteiger partial charge in [0.05, 0.1) is 10.9 Å². The molecule has 0 spiro atoms. The fraction of sp³-hybridized carbons (Fsp3) is 0. The summed E-state index contributed by atoms with van der Waals surface area (Å²) in [6, 6.07) is 1.95. The Balaban J connectivity index is 3.52. The minimum Gasteiger partial charge on any atom is -0.478 e. The summed E-state index contributed by atoms with van der Waals surface area (Å²) in [6.45, 7) is 0. The van der Waals surface area contributed by atoms with Gasteiger partial charge < -0.3 is 20.6 Å². The first kappa shape index (κ1) is 12.1. The molecule has 5 N–H and O–H groups in total. The first-order chi connectivity index (χ1) is 6.73. The summed E-state index contributed by atoms with van der Waals surface area (Å²) in [4.78, 5) is 28.3. The van der Waals surface area contributed by atoms with Crippen molar-refractivity contribution in [2.24, 2.45) is 0 Å². The Morgan fingerprint density at radius 2 is 1.93 bits per heavy atom. The van der Waals surface area contributed by atoms with Crippen LogP contribution in [0.1, 0.15) is 10.4 Å². The van der Waals surface area contributed by atoms with E-state index < -0.39 is 18.9 Å². The molecule has 0 fully saturated rings. The molecule has 0 amide bonds. The van der Waals surface area contributed by atoms with E-state index in [-0.39, 0.29) is 16.1 Å². The SMILES string of the molecule is Nc1cc(C(=O)O)cc(P(=O)(O)O)c1S. The average Bonchev–Trinajstić information content (AvgIpc) is 2.06. The molecule has 0 unspecified atom stereocenters. The van der Waals surface area contributed by atoms with Crippen molar-refractivity contribution >= 4 is 37.2 Å². The fourth-order valence-electron chi connectivity index (χ4n) is 0.987.